The Morgan fingerprint density at radius 2 is 1.98 bits per heavy atom. The molecule has 0 bridgehead atoms. The van der Waals surface area contributed by atoms with Gasteiger partial charge in [0.05, 0.1) is 40.8 Å². The van der Waals surface area contributed by atoms with Gasteiger partial charge in [-0.05, 0) is 50.5 Å². The normalized spacial score (nSPS) is 21.0. The molecule has 5 aromatic rings. The van der Waals surface area contributed by atoms with Crippen LogP contribution in [0.25, 0.3) is 33.1 Å². The third-order valence-corrected chi connectivity index (χ3v) is 7.80. The molecule has 8 nitrogen and oxygen atoms in total. The number of aromatic nitrogens is 5. The molecule has 0 aliphatic heterocycles. The average molecular weight is 560 g/mol. The van der Waals surface area contributed by atoms with Gasteiger partial charge >= 0.3 is 6.01 Å². The maximum absolute atomic E-state index is 15.6. The number of pyridine rings is 1. The predicted octanol–water partition coefficient (Wildman–Crippen LogP) is 6.61. The monoisotopic (exact) mass is 559 g/mol. The minimum atomic E-state index is -1.28. The van der Waals surface area contributed by atoms with Gasteiger partial charge in [0.25, 0.3) is 0 Å². The molecule has 202 valence electrons. The molecule has 1 aliphatic rings. The third-order valence-electron chi connectivity index (χ3n) is 7.48. The van der Waals surface area contributed by atoms with Gasteiger partial charge in [-0.3, -0.25) is 4.98 Å². The highest BCUT2D eigenvalue weighted by molar-refractivity contribution is 6.33. The molecule has 0 amide bonds. The van der Waals surface area contributed by atoms with Gasteiger partial charge in [-0.15, -0.1) is 0 Å². The number of halogens is 3. The summed E-state index contributed by atoms with van der Waals surface area (Å²) in [6.45, 7) is 1.81. The molecule has 0 saturated heterocycles. The lowest BCUT2D eigenvalue weighted by Crippen LogP contribution is -2.47. The van der Waals surface area contributed by atoms with Crippen LogP contribution in [0.1, 0.15) is 37.5 Å². The summed E-state index contributed by atoms with van der Waals surface area (Å²) in [6.07, 6.45) is 4.54. The number of imidazole rings is 1. The first kappa shape index (κ1) is 26.0. The Balaban J connectivity index is 1.44. The lowest BCUT2D eigenvalue weighted by atomic mass is 9.77. The summed E-state index contributed by atoms with van der Waals surface area (Å²) in [4.78, 5) is 17.1. The van der Waals surface area contributed by atoms with Gasteiger partial charge in [0.15, 0.2) is 0 Å². The Morgan fingerprint density at radius 3 is 2.70 bits per heavy atom. The first-order valence-corrected chi connectivity index (χ1v) is 13.2. The van der Waals surface area contributed by atoms with Crippen molar-refractivity contribution < 1.29 is 13.5 Å². The van der Waals surface area contributed by atoms with E-state index in [1.165, 1.54) is 6.07 Å². The van der Waals surface area contributed by atoms with Crippen molar-refractivity contribution in [2.75, 3.05) is 0 Å². The van der Waals surface area contributed by atoms with E-state index in [0.717, 1.165) is 0 Å². The van der Waals surface area contributed by atoms with E-state index in [9.17, 15) is 0 Å². The van der Waals surface area contributed by atoms with Crippen molar-refractivity contribution in [3.8, 4) is 29.0 Å². The van der Waals surface area contributed by atoms with Gasteiger partial charge in [0.2, 0.25) is 0 Å². The standard InChI is InChI=1S/C29H24ClF2N7O/c1-16-38-25-15-37-24-13-22(31)19(18-4-3-17(11-21(18)30)40-28-35-9-2-10-36-28)12-20(24)27(25)39(16)26-5-6-29(34,7-8-33)14-23(26)32/h2-4,9-13,15,23,26H,5-7,14,34H2,1H3. The van der Waals surface area contributed by atoms with E-state index in [2.05, 4.69) is 26.0 Å². The summed E-state index contributed by atoms with van der Waals surface area (Å²) in [5.41, 5.74) is 7.83. The van der Waals surface area contributed by atoms with Gasteiger partial charge in [-0.1, -0.05) is 11.6 Å². The molecule has 6 rings (SSSR count). The van der Waals surface area contributed by atoms with Crippen LogP contribution in [0.3, 0.4) is 0 Å². The van der Waals surface area contributed by atoms with E-state index in [4.69, 9.17) is 27.3 Å². The van der Waals surface area contributed by atoms with Crippen LogP contribution in [0.15, 0.2) is 55.0 Å². The number of hydrogen-bond donors (Lipinski definition) is 1. The van der Waals surface area contributed by atoms with Crippen molar-refractivity contribution in [1.82, 2.24) is 24.5 Å². The number of nitrogens with zero attached hydrogens (tertiary/aromatic N) is 6. The van der Waals surface area contributed by atoms with E-state index in [1.54, 1.807) is 48.9 Å². The minimum absolute atomic E-state index is 0.0747. The van der Waals surface area contributed by atoms with E-state index >= 15 is 8.78 Å². The molecular weight excluding hydrogens is 536 g/mol. The third kappa shape index (κ3) is 4.61. The van der Waals surface area contributed by atoms with Crippen LogP contribution in [0.2, 0.25) is 5.02 Å². The second kappa shape index (κ2) is 10.1. The molecule has 1 saturated carbocycles. The topological polar surface area (TPSA) is 116 Å². The summed E-state index contributed by atoms with van der Waals surface area (Å²) in [5, 5.41) is 10.0. The number of ether oxygens (including phenoxy) is 1. The summed E-state index contributed by atoms with van der Waals surface area (Å²) in [5.74, 6) is 0.516. The fourth-order valence-corrected chi connectivity index (χ4v) is 5.87. The Bertz CT molecular complexity index is 1790. The molecular formula is C29H24ClF2N7O. The van der Waals surface area contributed by atoms with E-state index in [-0.39, 0.29) is 29.4 Å². The van der Waals surface area contributed by atoms with E-state index in [1.807, 2.05) is 11.5 Å². The van der Waals surface area contributed by atoms with Gasteiger partial charge in [-0.25, -0.2) is 23.7 Å². The van der Waals surface area contributed by atoms with Crippen LogP contribution in [0.4, 0.5) is 8.78 Å². The molecule has 2 N–H and O–H groups in total. The number of aryl methyl sites for hydroxylation is 1. The first-order valence-electron chi connectivity index (χ1n) is 12.8. The zero-order valence-electron chi connectivity index (χ0n) is 21.5. The van der Waals surface area contributed by atoms with E-state index in [0.29, 0.717) is 51.9 Å². The maximum atomic E-state index is 15.6. The molecule has 0 radical (unpaired) electrons. The number of alkyl halides is 1. The van der Waals surface area contributed by atoms with Gasteiger partial charge < -0.3 is 15.0 Å². The quantitative estimate of drug-likeness (QED) is 0.257. The Hall–Kier alpha value is -4.20. The highest BCUT2D eigenvalue weighted by Gasteiger charge is 2.40. The molecule has 1 fully saturated rings. The van der Waals surface area contributed by atoms with Crippen LogP contribution >= 0.6 is 11.6 Å². The zero-order valence-corrected chi connectivity index (χ0v) is 22.2. The number of rotatable bonds is 5. The Morgan fingerprint density at radius 1 is 1.18 bits per heavy atom. The molecule has 40 heavy (non-hydrogen) atoms. The summed E-state index contributed by atoms with van der Waals surface area (Å²) < 4.78 is 38.6. The van der Waals surface area contributed by atoms with Crippen LogP contribution in [0.5, 0.6) is 11.8 Å². The van der Waals surface area contributed by atoms with Crippen LogP contribution in [0, 0.1) is 24.1 Å². The SMILES string of the molecule is Cc1nc2cnc3cc(F)c(-c4ccc(Oc5ncccn5)cc4Cl)cc3c2n1C1CCC(N)(CC#N)CC1F. The zero-order chi connectivity index (χ0) is 28.0. The second-order valence-electron chi connectivity index (χ2n) is 10.2. The van der Waals surface area contributed by atoms with Crippen molar-refractivity contribution >= 4 is 33.5 Å². The molecule has 11 heteroatoms. The molecule has 3 aromatic heterocycles. The van der Waals surface area contributed by atoms with Crippen molar-refractivity contribution in [2.45, 2.75) is 50.4 Å². The largest absolute Gasteiger partial charge is 0.424 e. The van der Waals surface area contributed by atoms with Crippen molar-refractivity contribution in [3.63, 3.8) is 0 Å². The van der Waals surface area contributed by atoms with Gasteiger partial charge in [0.1, 0.15) is 29.1 Å². The summed E-state index contributed by atoms with van der Waals surface area (Å²) in [6, 6.07) is 11.3. The van der Waals surface area contributed by atoms with E-state index < -0.39 is 23.6 Å². The van der Waals surface area contributed by atoms with Crippen LogP contribution < -0.4 is 10.5 Å². The molecule has 3 heterocycles. The molecule has 0 spiro atoms. The number of benzene rings is 2. The molecule has 1 aliphatic carbocycles. The lowest BCUT2D eigenvalue weighted by molar-refractivity contribution is 0.115. The van der Waals surface area contributed by atoms with Crippen molar-refractivity contribution in [1.29, 1.82) is 5.26 Å². The summed E-state index contributed by atoms with van der Waals surface area (Å²) >= 11 is 6.60. The van der Waals surface area contributed by atoms with Crippen LogP contribution in [-0.4, -0.2) is 36.2 Å². The maximum Gasteiger partial charge on any atom is 0.321 e. The van der Waals surface area contributed by atoms with Gasteiger partial charge in [0, 0.05) is 46.6 Å². The number of nitriles is 1. The predicted molar refractivity (Wildman–Crippen MR) is 147 cm³/mol. The lowest BCUT2D eigenvalue weighted by Gasteiger charge is -2.39. The molecule has 3 atom stereocenters. The second-order valence-corrected chi connectivity index (χ2v) is 10.6. The fraction of sp³-hybridized carbons (Fsp3) is 0.276. The summed E-state index contributed by atoms with van der Waals surface area (Å²) in [7, 11) is 0. The molecule has 3 unspecified atom stereocenters. The molecule has 2 aromatic carbocycles. The highest BCUT2D eigenvalue weighted by Crippen LogP contribution is 2.42. The number of nitrogens with two attached hydrogens (primary N) is 1. The minimum Gasteiger partial charge on any atom is -0.424 e. The van der Waals surface area contributed by atoms with Crippen LogP contribution in [-0.2, 0) is 0 Å². The Labute approximate surface area is 233 Å². The number of fused-ring (bicyclic) bond motifs is 3. The first-order chi connectivity index (χ1) is 19.3. The Kier molecular flexibility index (Phi) is 6.56. The number of hydrogen-bond acceptors (Lipinski definition) is 7. The van der Waals surface area contributed by atoms with Crippen molar-refractivity contribution in [3.05, 3.63) is 71.7 Å². The highest BCUT2D eigenvalue weighted by atomic mass is 35.5. The average Bonchev–Trinajstić information content (AvgIpc) is 3.25. The van der Waals surface area contributed by atoms with Gasteiger partial charge in [-0.2, -0.15) is 5.26 Å². The fourth-order valence-electron chi connectivity index (χ4n) is 5.60. The smallest absolute Gasteiger partial charge is 0.321 e. The van der Waals surface area contributed by atoms with Crippen molar-refractivity contribution in [2.24, 2.45) is 5.73 Å².